The first-order valence-corrected chi connectivity index (χ1v) is 5.63. The van der Waals surface area contributed by atoms with Crippen LogP contribution in [0.4, 0.5) is 0 Å². The molecule has 0 fully saturated rings. The fourth-order valence-corrected chi connectivity index (χ4v) is 2.12. The zero-order valence-electron chi connectivity index (χ0n) is 9.44. The number of hydrogen-bond donors (Lipinski definition) is 2. The monoisotopic (exact) mass is 250 g/mol. The number of nitrogens with one attached hydrogen (secondary N) is 2. The maximum Gasteiger partial charge on any atom is 0.212 e. The molecule has 1 aromatic carbocycles. The van der Waals surface area contributed by atoms with Crippen LogP contribution in [-0.4, -0.2) is 24.8 Å². The smallest absolute Gasteiger partial charge is 0.212 e. The summed E-state index contributed by atoms with van der Waals surface area (Å²) in [6.45, 7) is 1.74. The third-order valence-corrected chi connectivity index (χ3v) is 2.93. The molecule has 3 rings (SSSR count). The molecule has 90 valence electrons. The van der Waals surface area contributed by atoms with Gasteiger partial charge in [-0.25, -0.2) is 10.4 Å². The molecule has 1 heterocycles. The predicted molar refractivity (Wildman–Crippen MR) is 72.0 cm³/mol. The molecule has 4 nitrogen and oxygen atoms in total. The third-order valence-electron chi connectivity index (χ3n) is 2.93. The zero-order valence-corrected chi connectivity index (χ0v) is 10.3. The molecule has 1 aromatic rings. The lowest BCUT2D eigenvalue weighted by atomic mass is 10.1. The van der Waals surface area contributed by atoms with Crippen molar-refractivity contribution in [1.82, 2.24) is 10.7 Å². The topological polar surface area (TPSA) is 48.8 Å². The molecule has 0 bridgehead atoms. The van der Waals surface area contributed by atoms with Gasteiger partial charge in [0.25, 0.3) is 0 Å². The van der Waals surface area contributed by atoms with Crippen molar-refractivity contribution < 1.29 is 0 Å². The molecule has 17 heavy (non-hydrogen) atoms. The maximum absolute atomic E-state index is 4.42. The fourth-order valence-electron chi connectivity index (χ4n) is 2.12. The van der Waals surface area contributed by atoms with E-state index in [1.807, 2.05) is 0 Å². The zero-order chi connectivity index (χ0) is 10.8. The number of aliphatic imine (C=N–C) groups is 1. The second-order valence-corrected chi connectivity index (χ2v) is 3.98. The number of hydrazone groups is 1. The first kappa shape index (κ1) is 11.9. The van der Waals surface area contributed by atoms with E-state index in [2.05, 4.69) is 45.1 Å². The fraction of sp³-hybridized carbons (Fsp3) is 0.333. The molecule has 0 amide bonds. The number of guanidine groups is 1. The minimum absolute atomic E-state index is 0. The molecule has 5 heteroatoms. The Labute approximate surface area is 107 Å². The number of rotatable bonds is 1. The molecule has 2 N–H and O–H groups in total. The van der Waals surface area contributed by atoms with Gasteiger partial charge in [-0.15, -0.1) is 12.4 Å². The Morgan fingerprint density at radius 2 is 2.12 bits per heavy atom. The number of nitrogens with zero attached hydrogens (tertiary/aromatic N) is 2. The van der Waals surface area contributed by atoms with Gasteiger partial charge in [0.05, 0.1) is 12.3 Å². The first-order chi connectivity index (χ1) is 7.93. The standard InChI is InChI=1S/C12H14N4.ClH/c1-2-4-10-9(3-1)5-6-11(10)15-16-12-13-7-8-14-12;/h1-4H,5-8H2,(H2,13,14,16);1H. The molecule has 0 radical (unpaired) electrons. The van der Waals surface area contributed by atoms with Crippen LogP contribution in [0.5, 0.6) is 0 Å². The van der Waals surface area contributed by atoms with Gasteiger partial charge in [-0.3, -0.25) is 0 Å². The van der Waals surface area contributed by atoms with E-state index in [4.69, 9.17) is 0 Å². The van der Waals surface area contributed by atoms with Crippen LogP contribution in [0.2, 0.25) is 0 Å². The van der Waals surface area contributed by atoms with Crippen LogP contribution >= 0.6 is 12.4 Å². The van der Waals surface area contributed by atoms with Crippen LogP contribution < -0.4 is 10.7 Å². The Morgan fingerprint density at radius 1 is 1.24 bits per heavy atom. The number of hydrogen-bond acceptors (Lipinski definition) is 4. The van der Waals surface area contributed by atoms with E-state index in [0.717, 1.165) is 37.6 Å². The highest BCUT2D eigenvalue weighted by Crippen LogP contribution is 2.21. The van der Waals surface area contributed by atoms with E-state index < -0.39 is 0 Å². The van der Waals surface area contributed by atoms with Gasteiger partial charge in [-0.1, -0.05) is 24.3 Å². The van der Waals surface area contributed by atoms with Crippen LogP contribution in [0.15, 0.2) is 34.4 Å². The van der Waals surface area contributed by atoms with Crippen molar-refractivity contribution in [3.05, 3.63) is 35.4 Å². The Kier molecular flexibility index (Phi) is 3.64. The van der Waals surface area contributed by atoms with E-state index in [-0.39, 0.29) is 12.4 Å². The minimum atomic E-state index is 0. The highest BCUT2D eigenvalue weighted by molar-refractivity contribution is 6.04. The normalized spacial score (nSPS) is 19.3. The molecule has 0 aromatic heterocycles. The summed E-state index contributed by atoms with van der Waals surface area (Å²) in [5.74, 6) is 0.789. The number of fused-ring (bicyclic) bond motifs is 1. The highest BCUT2D eigenvalue weighted by Gasteiger charge is 2.16. The summed E-state index contributed by atoms with van der Waals surface area (Å²) in [7, 11) is 0. The van der Waals surface area contributed by atoms with E-state index in [1.54, 1.807) is 0 Å². The van der Waals surface area contributed by atoms with Crippen molar-refractivity contribution in [1.29, 1.82) is 0 Å². The van der Waals surface area contributed by atoms with Crippen molar-refractivity contribution in [3.63, 3.8) is 0 Å². The average Bonchev–Trinajstić information content (AvgIpc) is 2.96. The van der Waals surface area contributed by atoms with Crippen molar-refractivity contribution in [2.24, 2.45) is 10.1 Å². The quantitative estimate of drug-likeness (QED) is 0.739. The molecular formula is C12H15ClN4. The molecule has 0 spiro atoms. The second-order valence-electron chi connectivity index (χ2n) is 3.98. The van der Waals surface area contributed by atoms with E-state index in [9.17, 15) is 0 Å². The van der Waals surface area contributed by atoms with Gasteiger partial charge >= 0.3 is 0 Å². The van der Waals surface area contributed by atoms with Crippen LogP contribution in [0, 0.1) is 0 Å². The van der Waals surface area contributed by atoms with Crippen molar-refractivity contribution >= 4 is 24.1 Å². The third kappa shape index (κ3) is 2.42. The molecule has 0 saturated carbocycles. The number of halogens is 1. The van der Waals surface area contributed by atoms with Gasteiger partial charge in [0.1, 0.15) is 0 Å². The van der Waals surface area contributed by atoms with Crippen LogP contribution in [-0.2, 0) is 6.42 Å². The van der Waals surface area contributed by atoms with Gasteiger partial charge in [0.2, 0.25) is 5.96 Å². The average molecular weight is 251 g/mol. The summed E-state index contributed by atoms with van der Waals surface area (Å²) in [5.41, 5.74) is 6.79. The molecule has 1 aliphatic carbocycles. The summed E-state index contributed by atoms with van der Waals surface area (Å²) in [4.78, 5) is 4.24. The highest BCUT2D eigenvalue weighted by atomic mass is 35.5. The van der Waals surface area contributed by atoms with Gasteiger partial charge in [-0.2, -0.15) is 5.10 Å². The van der Waals surface area contributed by atoms with Crippen LogP contribution in [0.1, 0.15) is 17.5 Å². The lowest BCUT2D eigenvalue weighted by molar-refractivity contribution is 0.913. The molecule has 0 unspecified atom stereocenters. The van der Waals surface area contributed by atoms with Gasteiger partial charge in [0.15, 0.2) is 0 Å². The van der Waals surface area contributed by atoms with Gasteiger partial charge < -0.3 is 5.32 Å². The summed E-state index contributed by atoms with van der Waals surface area (Å²) < 4.78 is 0. The molecule has 0 saturated heterocycles. The van der Waals surface area contributed by atoms with Crippen molar-refractivity contribution in [2.45, 2.75) is 12.8 Å². The van der Waals surface area contributed by atoms with Crippen molar-refractivity contribution in [3.8, 4) is 0 Å². The lowest BCUT2D eigenvalue weighted by Crippen LogP contribution is -2.30. The number of aryl methyl sites for hydroxylation is 1. The second kappa shape index (κ2) is 5.19. The molecule has 2 aliphatic rings. The van der Waals surface area contributed by atoms with Crippen molar-refractivity contribution in [2.75, 3.05) is 13.1 Å². The van der Waals surface area contributed by atoms with E-state index in [1.165, 1.54) is 11.1 Å². The summed E-state index contributed by atoms with van der Waals surface area (Å²) in [6, 6.07) is 8.44. The van der Waals surface area contributed by atoms with E-state index in [0.29, 0.717) is 0 Å². The predicted octanol–water partition coefficient (Wildman–Crippen LogP) is 1.31. The lowest BCUT2D eigenvalue weighted by Gasteiger charge is -2.02. The minimum Gasteiger partial charge on any atom is -0.353 e. The summed E-state index contributed by atoms with van der Waals surface area (Å²) >= 11 is 0. The van der Waals surface area contributed by atoms with Gasteiger partial charge in [-0.05, 0) is 18.4 Å². The van der Waals surface area contributed by atoms with Crippen LogP contribution in [0.3, 0.4) is 0 Å². The summed E-state index contributed by atoms with van der Waals surface area (Å²) in [5, 5.41) is 7.56. The SMILES string of the molecule is Cl.c1ccc2c(c1)CCC2=NNC1=NCCN1. The Hall–Kier alpha value is -1.55. The van der Waals surface area contributed by atoms with Crippen LogP contribution in [0.25, 0.3) is 0 Å². The Morgan fingerprint density at radius 3 is 2.94 bits per heavy atom. The molecule has 0 atom stereocenters. The largest absolute Gasteiger partial charge is 0.353 e. The van der Waals surface area contributed by atoms with E-state index >= 15 is 0 Å². The molecular weight excluding hydrogens is 236 g/mol. The molecule has 1 aliphatic heterocycles. The maximum atomic E-state index is 4.42. The van der Waals surface area contributed by atoms with Gasteiger partial charge in [0, 0.05) is 12.1 Å². The first-order valence-electron chi connectivity index (χ1n) is 5.63. The number of benzene rings is 1. The summed E-state index contributed by atoms with van der Waals surface area (Å²) in [6.07, 6.45) is 2.11. The Balaban J connectivity index is 0.00000108. The Bertz CT molecular complexity index is 467.